The van der Waals surface area contributed by atoms with E-state index < -0.39 is 11.7 Å². The van der Waals surface area contributed by atoms with E-state index in [1.54, 1.807) is 22.9 Å². The SMILES string of the molecule is C.Cc1cc(-c2ccc(Cl)c(C(=O)NCC3(O)CCCCCC3)c2)n(C[C@@H](O)CO)n1. The van der Waals surface area contributed by atoms with Crippen molar-refractivity contribution in [1.29, 1.82) is 0 Å². The smallest absolute Gasteiger partial charge is 0.252 e. The molecule has 8 heteroatoms. The first-order valence-electron chi connectivity index (χ1n) is 10.5. The molecule has 1 amide bonds. The summed E-state index contributed by atoms with van der Waals surface area (Å²) in [5, 5.41) is 37.3. The van der Waals surface area contributed by atoms with Gasteiger partial charge in [0.1, 0.15) is 0 Å². The Bertz CT molecular complexity index is 876. The number of carbonyl (C=O) groups excluding carboxylic acids is 1. The molecule has 1 saturated carbocycles. The molecule has 3 rings (SSSR count). The second-order valence-electron chi connectivity index (χ2n) is 8.21. The van der Waals surface area contributed by atoms with Gasteiger partial charge in [0.15, 0.2) is 0 Å². The summed E-state index contributed by atoms with van der Waals surface area (Å²) in [4.78, 5) is 12.8. The summed E-state index contributed by atoms with van der Waals surface area (Å²) < 4.78 is 1.61. The van der Waals surface area contributed by atoms with E-state index >= 15 is 0 Å². The van der Waals surface area contributed by atoms with Crippen molar-refractivity contribution in [3.8, 4) is 11.3 Å². The maximum atomic E-state index is 12.8. The highest BCUT2D eigenvalue weighted by atomic mass is 35.5. The number of benzene rings is 1. The van der Waals surface area contributed by atoms with Gasteiger partial charge >= 0.3 is 0 Å². The van der Waals surface area contributed by atoms with E-state index in [0.717, 1.165) is 36.9 Å². The third-order valence-electron chi connectivity index (χ3n) is 5.62. The molecule has 31 heavy (non-hydrogen) atoms. The molecule has 0 aliphatic heterocycles. The highest BCUT2D eigenvalue weighted by Gasteiger charge is 2.29. The molecule has 0 saturated heterocycles. The van der Waals surface area contributed by atoms with Crippen LogP contribution < -0.4 is 5.32 Å². The first-order valence-corrected chi connectivity index (χ1v) is 10.8. The topological polar surface area (TPSA) is 108 Å². The molecule has 1 aliphatic carbocycles. The molecule has 4 N–H and O–H groups in total. The maximum absolute atomic E-state index is 12.8. The van der Waals surface area contributed by atoms with Crippen LogP contribution in [0.4, 0.5) is 0 Å². The molecule has 172 valence electrons. The van der Waals surface area contributed by atoms with E-state index in [4.69, 9.17) is 16.7 Å². The summed E-state index contributed by atoms with van der Waals surface area (Å²) in [5.41, 5.74) is 1.65. The van der Waals surface area contributed by atoms with Gasteiger partial charge in [-0.1, -0.05) is 50.8 Å². The zero-order valence-electron chi connectivity index (χ0n) is 17.3. The Morgan fingerprint density at radius 3 is 2.58 bits per heavy atom. The van der Waals surface area contributed by atoms with Crippen LogP contribution in [0, 0.1) is 6.92 Å². The Morgan fingerprint density at radius 1 is 1.26 bits per heavy atom. The predicted molar refractivity (Wildman–Crippen MR) is 122 cm³/mol. The average Bonchev–Trinajstić information content (AvgIpc) is 2.94. The predicted octanol–water partition coefficient (Wildman–Crippen LogP) is 3.32. The van der Waals surface area contributed by atoms with E-state index in [9.17, 15) is 15.0 Å². The molecular weight excluding hydrogens is 418 g/mol. The van der Waals surface area contributed by atoms with Crippen LogP contribution in [0.2, 0.25) is 5.02 Å². The lowest BCUT2D eigenvalue weighted by atomic mass is 9.94. The Balaban J connectivity index is 0.00000341. The molecule has 1 aliphatic rings. The number of hydrogen-bond acceptors (Lipinski definition) is 5. The van der Waals surface area contributed by atoms with Crippen molar-refractivity contribution in [3.05, 3.63) is 40.5 Å². The minimum absolute atomic E-state index is 0. The van der Waals surface area contributed by atoms with Gasteiger partial charge in [0, 0.05) is 12.1 Å². The van der Waals surface area contributed by atoms with Gasteiger partial charge in [-0.25, -0.2) is 0 Å². The van der Waals surface area contributed by atoms with Crippen molar-refractivity contribution < 1.29 is 20.1 Å². The number of nitrogens with one attached hydrogen (secondary N) is 1. The van der Waals surface area contributed by atoms with Crippen molar-refractivity contribution in [1.82, 2.24) is 15.1 Å². The van der Waals surface area contributed by atoms with Crippen molar-refractivity contribution in [2.75, 3.05) is 13.2 Å². The molecule has 0 radical (unpaired) electrons. The van der Waals surface area contributed by atoms with Crippen LogP contribution in [0.5, 0.6) is 0 Å². The lowest BCUT2D eigenvalue weighted by Crippen LogP contribution is -2.42. The normalized spacial score (nSPS) is 16.8. The summed E-state index contributed by atoms with van der Waals surface area (Å²) in [6.07, 6.45) is 4.60. The lowest BCUT2D eigenvalue weighted by molar-refractivity contribution is 0.0246. The molecule has 7 nitrogen and oxygen atoms in total. The second-order valence-corrected chi connectivity index (χ2v) is 8.61. The number of aliphatic hydroxyl groups is 3. The number of aliphatic hydroxyl groups excluding tert-OH is 2. The molecule has 1 heterocycles. The van der Waals surface area contributed by atoms with E-state index in [1.807, 2.05) is 13.0 Å². The molecule has 1 atom stereocenters. The lowest BCUT2D eigenvalue weighted by Gasteiger charge is -2.27. The van der Waals surface area contributed by atoms with Gasteiger partial charge in [0.25, 0.3) is 5.91 Å². The van der Waals surface area contributed by atoms with Gasteiger partial charge in [-0.05, 0) is 38.0 Å². The van der Waals surface area contributed by atoms with Crippen LogP contribution in [0.1, 0.15) is 62.0 Å². The Labute approximate surface area is 189 Å². The summed E-state index contributed by atoms with van der Waals surface area (Å²) in [6, 6.07) is 6.98. The minimum atomic E-state index is -0.932. The van der Waals surface area contributed by atoms with Gasteiger partial charge in [-0.3, -0.25) is 9.48 Å². The van der Waals surface area contributed by atoms with E-state index in [2.05, 4.69) is 10.4 Å². The number of halogens is 1. The van der Waals surface area contributed by atoms with Gasteiger partial charge in [0.2, 0.25) is 0 Å². The molecule has 2 aromatic rings. The average molecular weight is 452 g/mol. The molecule has 0 unspecified atom stereocenters. The van der Waals surface area contributed by atoms with Crippen molar-refractivity contribution in [2.24, 2.45) is 0 Å². The quantitative estimate of drug-likeness (QED) is 0.483. The minimum Gasteiger partial charge on any atom is -0.394 e. The summed E-state index contributed by atoms with van der Waals surface area (Å²) in [5.74, 6) is -0.335. The number of amides is 1. The van der Waals surface area contributed by atoms with Gasteiger partial charge < -0.3 is 20.6 Å². The first kappa shape index (κ1) is 25.3. The molecular formula is C23H34ClN3O4. The number of aromatic nitrogens is 2. The summed E-state index contributed by atoms with van der Waals surface area (Å²) in [7, 11) is 0. The third-order valence-corrected chi connectivity index (χ3v) is 5.95. The van der Waals surface area contributed by atoms with Crippen LogP contribution in [0.15, 0.2) is 24.3 Å². The first-order chi connectivity index (χ1) is 14.3. The molecule has 0 bridgehead atoms. The van der Waals surface area contributed by atoms with Crippen molar-refractivity contribution in [3.63, 3.8) is 0 Å². The number of hydrogen-bond donors (Lipinski definition) is 4. The van der Waals surface area contributed by atoms with Gasteiger partial charge in [-0.2, -0.15) is 5.10 Å². The number of aryl methyl sites for hydroxylation is 1. The van der Waals surface area contributed by atoms with E-state index in [0.29, 0.717) is 29.1 Å². The summed E-state index contributed by atoms with van der Waals surface area (Å²) >= 11 is 6.29. The fraction of sp³-hybridized carbons (Fsp3) is 0.565. The number of carbonyl (C=O) groups is 1. The zero-order chi connectivity index (χ0) is 21.7. The molecule has 1 aromatic heterocycles. The monoisotopic (exact) mass is 451 g/mol. The Hall–Kier alpha value is -1.93. The van der Waals surface area contributed by atoms with Crippen LogP contribution >= 0.6 is 11.6 Å². The van der Waals surface area contributed by atoms with E-state index in [-0.39, 0.29) is 33.0 Å². The van der Waals surface area contributed by atoms with Gasteiger partial charge in [0.05, 0.1) is 46.8 Å². The molecule has 1 aromatic carbocycles. The third kappa shape index (κ3) is 6.53. The Morgan fingerprint density at radius 2 is 1.94 bits per heavy atom. The highest BCUT2D eigenvalue weighted by Crippen LogP contribution is 2.28. The van der Waals surface area contributed by atoms with Crippen LogP contribution in [-0.2, 0) is 6.54 Å². The van der Waals surface area contributed by atoms with Crippen LogP contribution in [-0.4, -0.2) is 55.9 Å². The highest BCUT2D eigenvalue weighted by molar-refractivity contribution is 6.34. The Kier molecular flexibility index (Phi) is 9.06. The largest absolute Gasteiger partial charge is 0.394 e. The van der Waals surface area contributed by atoms with Gasteiger partial charge in [-0.15, -0.1) is 0 Å². The van der Waals surface area contributed by atoms with Crippen LogP contribution in [0.3, 0.4) is 0 Å². The molecule has 0 spiro atoms. The van der Waals surface area contributed by atoms with Crippen molar-refractivity contribution >= 4 is 17.5 Å². The van der Waals surface area contributed by atoms with Crippen LogP contribution in [0.25, 0.3) is 11.3 Å². The van der Waals surface area contributed by atoms with E-state index in [1.165, 1.54) is 0 Å². The number of rotatable bonds is 7. The molecule has 1 fully saturated rings. The van der Waals surface area contributed by atoms with Crippen molar-refractivity contribution in [2.45, 2.75) is 71.1 Å². The summed E-state index contributed by atoms with van der Waals surface area (Å²) in [6.45, 7) is 1.81. The fourth-order valence-electron chi connectivity index (χ4n) is 3.94. The zero-order valence-corrected chi connectivity index (χ0v) is 18.0. The standard InChI is InChI=1S/C22H30ClN3O4.CH4/c1-15-10-20(26(25-15)12-17(28)13-27)16-6-7-19(23)18(11-16)21(29)24-14-22(30)8-4-2-3-5-9-22;/h6-7,10-11,17,27-28,30H,2-5,8-9,12-14H2,1H3,(H,24,29);1H4/t17-;/m1./s1. The second kappa shape index (κ2) is 11.1. The number of nitrogens with zero attached hydrogens (tertiary/aromatic N) is 2. The fourth-order valence-corrected chi connectivity index (χ4v) is 4.14. The maximum Gasteiger partial charge on any atom is 0.252 e.